The predicted octanol–water partition coefficient (Wildman–Crippen LogP) is 3.52. The van der Waals surface area contributed by atoms with Gasteiger partial charge in [-0.15, -0.1) is 0 Å². The van der Waals surface area contributed by atoms with Gasteiger partial charge in [0.2, 0.25) is 0 Å². The van der Waals surface area contributed by atoms with Crippen LogP contribution in [0, 0.1) is 5.92 Å². The van der Waals surface area contributed by atoms with Crippen molar-refractivity contribution in [1.82, 2.24) is 0 Å². The highest BCUT2D eigenvalue weighted by atomic mass is 79.9. The number of anilines is 1. The Kier molecular flexibility index (Phi) is 3.56. The molecule has 0 amide bonds. The van der Waals surface area contributed by atoms with E-state index in [-0.39, 0.29) is 11.7 Å². The second kappa shape index (κ2) is 4.32. The molecule has 0 atom stereocenters. The lowest BCUT2D eigenvalue weighted by atomic mass is 10.00. The summed E-state index contributed by atoms with van der Waals surface area (Å²) in [6.07, 6.45) is 0. The maximum Gasteiger partial charge on any atom is 0.167 e. The van der Waals surface area contributed by atoms with E-state index < -0.39 is 0 Å². The third-order valence-corrected chi connectivity index (χ3v) is 3.08. The summed E-state index contributed by atoms with van der Waals surface area (Å²) in [5.41, 5.74) is 6.67. The molecule has 0 aliphatic heterocycles. The van der Waals surface area contributed by atoms with Gasteiger partial charge in [-0.3, -0.25) is 4.79 Å². The molecular weight excluding hydrogens is 265 g/mol. The Morgan fingerprint density at radius 2 is 2.07 bits per heavy atom. The molecule has 1 rings (SSSR count). The van der Waals surface area contributed by atoms with Crippen molar-refractivity contribution < 1.29 is 4.79 Å². The zero-order chi connectivity index (χ0) is 10.9. The van der Waals surface area contributed by atoms with Crippen LogP contribution in [0.3, 0.4) is 0 Å². The second-order valence-electron chi connectivity index (χ2n) is 3.37. The van der Waals surface area contributed by atoms with Crippen molar-refractivity contribution in [2.45, 2.75) is 13.8 Å². The second-order valence-corrected chi connectivity index (χ2v) is 4.63. The highest BCUT2D eigenvalue weighted by molar-refractivity contribution is 9.10. The van der Waals surface area contributed by atoms with E-state index in [0.29, 0.717) is 20.7 Å². The summed E-state index contributed by atoms with van der Waals surface area (Å²) in [4.78, 5) is 11.7. The Morgan fingerprint density at radius 1 is 1.50 bits per heavy atom. The van der Waals surface area contributed by atoms with Gasteiger partial charge in [0.05, 0.1) is 5.02 Å². The lowest BCUT2D eigenvalue weighted by Gasteiger charge is -2.08. The number of ketones is 1. The first-order chi connectivity index (χ1) is 6.43. The van der Waals surface area contributed by atoms with Crippen molar-refractivity contribution in [3.05, 3.63) is 27.2 Å². The molecule has 1 aromatic rings. The quantitative estimate of drug-likeness (QED) is 0.663. The number of halogens is 2. The molecule has 0 saturated heterocycles. The Morgan fingerprint density at radius 3 is 2.57 bits per heavy atom. The third kappa shape index (κ3) is 2.28. The zero-order valence-corrected chi connectivity index (χ0v) is 10.3. The van der Waals surface area contributed by atoms with Crippen LogP contribution in [0.15, 0.2) is 16.6 Å². The Labute approximate surface area is 96.6 Å². The maximum absolute atomic E-state index is 11.7. The highest BCUT2D eigenvalue weighted by Gasteiger charge is 2.15. The number of hydrogen-bond donors (Lipinski definition) is 1. The largest absolute Gasteiger partial charge is 0.398 e. The van der Waals surface area contributed by atoms with Crippen LogP contribution in [-0.2, 0) is 0 Å². The molecule has 2 N–H and O–H groups in total. The molecule has 0 radical (unpaired) electrons. The minimum atomic E-state index is -0.0745. The van der Waals surface area contributed by atoms with Gasteiger partial charge < -0.3 is 5.73 Å². The maximum atomic E-state index is 11.7. The van der Waals surface area contributed by atoms with Crippen LogP contribution in [0.1, 0.15) is 24.2 Å². The van der Waals surface area contributed by atoms with Crippen molar-refractivity contribution in [3.63, 3.8) is 0 Å². The van der Waals surface area contributed by atoms with Crippen LogP contribution in [0.2, 0.25) is 5.02 Å². The average Bonchev–Trinajstić information content (AvgIpc) is 2.10. The number of nitrogens with two attached hydrogens (primary N) is 1. The van der Waals surface area contributed by atoms with Gasteiger partial charge in [0.1, 0.15) is 0 Å². The van der Waals surface area contributed by atoms with Crippen LogP contribution in [0.4, 0.5) is 5.69 Å². The van der Waals surface area contributed by atoms with Gasteiger partial charge in [0, 0.05) is 21.6 Å². The van der Waals surface area contributed by atoms with Gasteiger partial charge >= 0.3 is 0 Å². The first-order valence-electron chi connectivity index (χ1n) is 4.22. The fourth-order valence-electron chi connectivity index (χ4n) is 1.09. The number of carbonyl (C=O) groups is 1. The van der Waals surface area contributed by atoms with Crippen LogP contribution in [0.25, 0.3) is 0 Å². The van der Waals surface area contributed by atoms with E-state index in [1.807, 2.05) is 13.8 Å². The molecule has 0 aliphatic rings. The first-order valence-corrected chi connectivity index (χ1v) is 5.39. The summed E-state index contributed by atoms with van der Waals surface area (Å²) in [5.74, 6) is -0.0635. The van der Waals surface area contributed by atoms with Crippen molar-refractivity contribution in [2.75, 3.05) is 5.73 Å². The number of Topliss-reactive ketones (excluding diaryl/α,β-unsaturated/α-hetero) is 1. The van der Waals surface area contributed by atoms with Crippen molar-refractivity contribution in [3.8, 4) is 0 Å². The van der Waals surface area contributed by atoms with E-state index in [1.165, 1.54) is 0 Å². The van der Waals surface area contributed by atoms with Gasteiger partial charge in [-0.1, -0.05) is 25.4 Å². The lowest BCUT2D eigenvalue weighted by Crippen LogP contribution is -2.10. The molecule has 4 heteroatoms. The molecule has 14 heavy (non-hydrogen) atoms. The summed E-state index contributed by atoms with van der Waals surface area (Å²) in [6, 6.07) is 3.25. The van der Waals surface area contributed by atoms with Crippen LogP contribution in [-0.4, -0.2) is 5.78 Å². The minimum Gasteiger partial charge on any atom is -0.398 e. The number of hydrogen-bond acceptors (Lipinski definition) is 2. The normalized spacial score (nSPS) is 10.6. The van der Waals surface area contributed by atoms with E-state index in [1.54, 1.807) is 12.1 Å². The van der Waals surface area contributed by atoms with Gasteiger partial charge in [0.15, 0.2) is 5.78 Å². The summed E-state index contributed by atoms with van der Waals surface area (Å²) in [5, 5.41) is 0.503. The Hall–Kier alpha value is -0.540. The molecule has 2 nitrogen and oxygen atoms in total. The van der Waals surface area contributed by atoms with E-state index in [4.69, 9.17) is 17.3 Å². The highest BCUT2D eigenvalue weighted by Crippen LogP contribution is 2.29. The molecule has 0 unspecified atom stereocenters. The van der Waals surface area contributed by atoms with E-state index in [0.717, 1.165) is 0 Å². The topological polar surface area (TPSA) is 43.1 Å². The van der Waals surface area contributed by atoms with Crippen molar-refractivity contribution in [1.29, 1.82) is 0 Å². The van der Waals surface area contributed by atoms with Crippen LogP contribution in [0.5, 0.6) is 0 Å². The molecular formula is C10H11BrClNO. The molecule has 76 valence electrons. The van der Waals surface area contributed by atoms with Crippen LogP contribution >= 0.6 is 27.5 Å². The molecule has 1 aromatic carbocycles. The van der Waals surface area contributed by atoms with E-state index in [2.05, 4.69) is 15.9 Å². The molecule has 0 fully saturated rings. The van der Waals surface area contributed by atoms with Gasteiger partial charge in [0.25, 0.3) is 0 Å². The SMILES string of the molecule is CC(C)C(=O)c1cc(Cl)c(Br)cc1N. The number of benzene rings is 1. The standard InChI is InChI=1S/C10H11BrClNO/c1-5(2)10(14)6-3-8(12)7(11)4-9(6)13/h3-5H,13H2,1-2H3. The molecule has 0 aromatic heterocycles. The summed E-state index contributed by atoms with van der Waals surface area (Å²) in [6.45, 7) is 3.66. The molecule has 0 heterocycles. The lowest BCUT2D eigenvalue weighted by molar-refractivity contribution is 0.0940. The van der Waals surface area contributed by atoms with Gasteiger partial charge in [-0.25, -0.2) is 0 Å². The number of rotatable bonds is 2. The van der Waals surface area contributed by atoms with E-state index >= 15 is 0 Å². The Balaban J connectivity index is 3.22. The smallest absolute Gasteiger partial charge is 0.167 e. The molecule has 0 saturated carbocycles. The molecule has 0 aliphatic carbocycles. The Bertz CT molecular complexity index is 377. The fraction of sp³-hybridized carbons (Fsp3) is 0.300. The van der Waals surface area contributed by atoms with Gasteiger partial charge in [-0.2, -0.15) is 0 Å². The summed E-state index contributed by atoms with van der Waals surface area (Å²) >= 11 is 9.12. The first kappa shape index (κ1) is 11.5. The average molecular weight is 277 g/mol. The summed E-state index contributed by atoms with van der Waals surface area (Å²) in [7, 11) is 0. The monoisotopic (exact) mass is 275 g/mol. The predicted molar refractivity (Wildman–Crippen MR) is 62.7 cm³/mol. The van der Waals surface area contributed by atoms with Gasteiger partial charge in [-0.05, 0) is 28.1 Å². The molecule has 0 bridgehead atoms. The van der Waals surface area contributed by atoms with Crippen LogP contribution < -0.4 is 5.73 Å². The molecule has 0 spiro atoms. The number of nitrogen functional groups attached to an aromatic ring is 1. The van der Waals surface area contributed by atoms with Crippen molar-refractivity contribution in [2.24, 2.45) is 5.92 Å². The minimum absolute atomic E-state index is 0.0110. The fourth-order valence-corrected chi connectivity index (χ4v) is 1.61. The zero-order valence-electron chi connectivity index (χ0n) is 7.97. The van der Waals surface area contributed by atoms with Crippen molar-refractivity contribution >= 4 is 39.0 Å². The van der Waals surface area contributed by atoms with E-state index in [9.17, 15) is 4.79 Å². The summed E-state index contributed by atoms with van der Waals surface area (Å²) < 4.78 is 0.706. The third-order valence-electron chi connectivity index (χ3n) is 1.88. The number of carbonyl (C=O) groups excluding carboxylic acids is 1.